The zero-order valence-corrected chi connectivity index (χ0v) is 6.76. The number of imide groups is 1. The quantitative estimate of drug-likeness (QED) is 0.556. The molecule has 0 aromatic carbocycles. The highest BCUT2D eigenvalue weighted by molar-refractivity contribution is 6.05. The van der Waals surface area contributed by atoms with Gasteiger partial charge in [-0.3, -0.25) is 9.59 Å². The summed E-state index contributed by atoms with van der Waals surface area (Å²) in [5, 5.41) is 4.53. The van der Waals surface area contributed by atoms with Crippen molar-refractivity contribution in [1.82, 2.24) is 14.9 Å². The van der Waals surface area contributed by atoms with Gasteiger partial charge in [-0.15, -0.1) is 9.89 Å². The number of aromatic nitrogens is 3. The zero-order valence-electron chi connectivity index (χ0n) is 6.76. The summed E-state index contributed by atoms with van der Waals surface area (Å²) in [5.74, 6) is -0.791. The fourth-order valence-corrected chi connectivity index (χ4v) is 0.816. The van der Waals surface area contributed by atoms with Crippen LogP contribution < -0.4 is 5.01 Å². The zero-order chi connectivity index (χ0) is 9.14. The third-order valence-corrected chi connectivity index (χ3v) is 1.21. The van der Waals surface area contributed by atoms with Crippen molar-refractivity contribution in [2.75, 3.05) is 5.01 Å². The highest BCUT2D eigenvalue weighted by atomic mass is 16.2. The second kappa shape index (κ2) is 3.12. The van der Waals surface area contributed by atoms with E-state index in [4.69, 9.17) is 0 Å². The van der Waals surface area contributed by atoms with E-state index in [9.17, 15) is 9.59 Å². The number of rotatable bonds is 1. The lowest BCUT2D eigenvalue weighted by Gasteiger charge is -2.14. The Hall–Kier alpha value is -1.72. The number of hydrogen-bond acceptors (Lipinski definition) is 4. The summed E-state index contributed by atoms with van der Waals surface area (Å²) in [6.45, 7) is 2.56. The molecule has 0 aliphatic carbocycles. The lowest BCUT2D eigenvalue weighted by molar-refractivity contribution is -0.126. The molecule has 0 bridgehead atoms. The fourth-order valence-electron chi connectivity index (χ4n) is 0.816. The lowest BCUT2D eigenvalue weighted by Crippen LogP contribution is -2.42. The molecular formula is C6H8N4O2. The fraction of sp³-hybridized carbons (Fsp3) is 0.333. The number of carbonyl (C=O) groups is 2. The molecule has 6 heteroatoms. The van der Waals surface area contributed by atoms with E-state index in [1.807, 2.05) is 0 Å². The SMILES string of the molecule is CC(=O)N(C(C)=O)n1cncn1. The predicted molar refractivity (Wildman–Crippen MR) is 39.6 cm³/mol. The molecule has 1 rings (SSSR count). The van der Waals surface area contributed by atoms with Crippen LogP contribution in [0.4, 0.5) is 0 Å². The van der Waals surface area contributed by atoms with Crippen LogP contribution >= 0.6 is 0 Å². The highest BCUT2D eigenvalue weighted by Gasteiger charge is 2.15. The minimum atomic E-state index is -0.395. The van der Waals surface area contributed by atoms with Crippen LogP contribution in [0.5, 0.6) is 0 Å². The first-order chi connectivity index (χ1) is 5.63. The average Bonchev–Trinajstić information content (AvgIpc) is 2.37. The predicted octanol–water partition coefficient (Wildman–Crippen LogP) is -0.691. The van der Waals surface area contributed by atoms with Crippen molar-refractivity contribution in [3.63, 3.8) is 0 Å². The molecule has 0 aliphatic heterocycles. The van der Waals surface area contributed by atoms with E-state index in [-0.39, 0.29) is 0 Å². The molecule has 1 aromatic heterocycles. The summed E-state index contributed by atoms with van der Waals surface area (Å²) in [6, 6.07) is 0. The molecule has 0 saturated carbocycles. The van der Waals surface area contributed by atoms with Crippen LogP contribution in [0.1, 0.15) is 13.8 Å². The smallest absolute Gasteiger partial charge is 0.246 e. The van der Waals surface area contributed by atoms with Gasteiger partial charge in [0, 0.05) is 13.8 Å². The van der Waals surface area contributed by atoms with Crippen LogP contribution in [0.15, 0.2) is 12.7 Å². The van der Waals surface area contributed by atoms with Gasteiger partial charge in [0.25, 0.3) is 0 Å². The van der Waals surface area contributed by atoms with E-state index >= 15 is 0 Å². The van der Waals surface area contributed by atoms with Crippen LogP contribution in [0.2, 0.25) is 0 Å². The van der Waals surface area contributed by atoms with Gasteiger partial charge in [0.15, 0.2) is 0 Å². The molecule has 0 fully saturated rings. The first-order valence-corrected chi connectivity index (χ1v) is 3.29. The highest BCUT2D eigenvalue weighted by Crippen LogP contribution is 1.89. The third kappa shape index (κ3) is 1.47. The molecule has 0 unspecified atom stereocenters. The van der Waals surface area contributed by atoms with Gasteiger partial charge in [0.05, 0.1) is 0 Å². The Labute approximate surface area is 68.8 Å². The standard InChI is InChI=1S/C6H8N4O2/c1-5(11)10(6(2)12)9-4-7-3-8-9/h3-4H,1-2H3. The van der Waals surface area contributed by atoms with E-state index in [1.165, 1.54) is 26.5 Å². The number of hydrogen-bond donors (Lipinski definition) is 0. The van der Waals surface area contributed by atoms with Crippen LogP contribution in [0.3, 0.4) is 0 Å². The number of carbonyl (C=O) groups excluding carboxylic acids is 2. The Morgan fingerprint density at radius 1 is 1.33 bits per heavy atom. The first-order valence-electron chi connectivity index (χ1n) is 3.29. The maximum atomic E-state index is 10.9. The van der Waals surface area contributed by atoms with Gasteiger partial charge in [-0.25, -0.2) is 4.98 Å². The van der Waals surface area contributed by atoms with Crippen molar-refractivity contribution in [2.24, 2.45) is 0 Å². The van der Waals surface area contributed by atoms with Gasteiger partial charge in [-0.1, -0.05) is 0 Å². The van der Waals surface area contributed by atoms with Crippen molar-refractivity contribution in [1.29, 1.82) is 0 Å². The van der Waals surface area contributed by atoms with Crippen molar-refractivity contribution in [3.05, 3.63) is 12.7 Å². The van der Waals surface area contributed by atoms with Crippen LogP contribution in [-0.2, 0) is 9.59 Å². The largest absolute Gasteiger partial charge is 0.273 e. The van der Waals surface area contributed by atoms with E-state index in [0.29, 0.717) is 0 Å². The van der Waals surface area contributed by atoms with Crippen LogP contribution in [-0.4, -0.2) is 26.7 Å². The molecule has 0 radical (unpaired) electrons. The number of amides is 2. The summed E-state index contributed by atoms with van der Waals surface area (Å²) in [5.41, 5.74) is 0. The Bertz CT molecular complexity index is 279. The Balaban J connectivity index is 2.96. The van der Waals surface area contributed by atoms with Gasteiger partial charge in [0.2, 0.25) is 11.8 Å². The normalized spacial score (nSPS) is 9.50. The molecule has 0 spiro atoms. The average molecular weight is 168 g/mol. The molecule has 2 amide bonds. The minimum Gasteiger partial charge on any atom is -0.273 e. The molecule has 12 heavy (non-hydrogen) atoms. The van der Waals surface area contributed by atoms with Crippen molar-refractivity contribution >= 4 is 11.8 Å². The second-order valence-corrected chi connectivity index (χ2v) is 2.17. The van der Waals surface area contributed by atoms with Gasteiger partial charge < -0.3 is 0 Å². The van der Waals surface area contributed by atoms with E-state index < -0.39 is 11.8 Å². The summed E-state index contributed by atoms with van der Waals surface area (Å²) in [7, 11) is 0. The first kappa shape index (κ1) is 8.38. The topological polar surface area (TPSA) is 68.1 Å². The van der Waals surface area contributed by atoms with E-state index in [1.54, 1.807) is 0 Å². The van der Waals surface area contributed by atoms with Gasteiger partial charge in [-0.05, 0) is 0 Å². The van der Waals surface area contributed by atoms with E-state index in [2.05, 4.69) is 10.1 Å². The molecule has 0 N–H and O–H groups in total. The molecule has 0 saturated heterocycles. The summed E-state index contributed by atoms with van der Waals surface area (Å²) in [4.78, 5) is 26.5. The molecule has 1 heterocycles. The molecule has 64 valence electrons. The molecule has 1 aromatic rings. The van der Waals surface area contributed by atoms with Crippen LogP contribution in [0, 0.1) is 0 Å². The second-order valence-electron chi connectivity index (χ2n) is 2.17. The van der Waals surface area contributed by atoms with Crippen molar-refractivity contribution in [2.45, 2.75) is 13.8 Å². The molecule has 0 aliphatic rings. The van der Waals surface area contributed by atoms with Crippen molar-refractivity contribution in [3.8, 4) is 0 Å². The van der Waals surface area contributed by atoms with E-state index in [0.717, 1.165) is 9.80 Å². The van der Waals surface area contributed by atoms with Gasteiger partial charge in [0.1, 0.15) is 12.7 Å². The Morgan fingerprint density at radius 2 is 1.92 bits per heavy atom. The lowest BCUT2D eigenvalue weighted by atomic mass is 10.6. The monoisotopic (exact) mass is 168 g/mol. The molecular weight excluding hydrogens is 160 g/mol. The van der Waals surface area contributed by atoms with Gasteiger partial charge in [-0.2, -0.15) is 5.01 Å². The van der Waals surface area contributed by atoms with Crippen molar-refractivity contribution < 1.29 is 9.59 Å². The van der Waals surface area contributed by atoms with Gasteiger partial charge >= 0.3 is 0 Å². The summed E-state index contributed by atoms with van der Waals surface area (Å²) < 4.78 is 0. The number of nitrogens with zero attached hydrogens (tertiary/aromatic N) is 4. The summed E-state index contributed by atoms with van der Waals surface area (Å²) in [6.07, 6.45) is 2.53. The minimum absolute atomic E-state index is 0.395. The Morgan fingerprint density at radius 3 is 2.25 bits per heavy atom. The molecule has 6 nitrogen and oxygen atoms in total. The maximum absolute atomic E-state index is 10.9. The molecule has 0 atom stereocenters. The Kier molecular flexibility index (Phi) is 2.18. The third-order valence-electron chi connectivity index (χ3n) is 1.21. The maximum Gasteiger partial charge on any atom is 0.246 e. The van der Waals surface area contributed by atoms with Crippen LogP contribution in [0.25, 0.3) is 0 Å². The summed E-state index contributed by atoms with van der Waals surface area (Å²) >= 11 is 0.